The maximum absolute atomic E-state index is 13.3. The van der Waals surface area contributed by atoms with Crippen LogP contribution in [0.5, 0.6) is 0 Å². The monoisotopic (exact) mass is 355 g/mol. The number of amides is 1. The number of fused-ring (bicyclic) bond motifs is 1. The molecule has 0 radical (unpaired) electrons. The first-order valence-electron chi connectivity index (χ1n) is 9.40. The van der Waals surface area contributed by atoms with Crippen molar-refractivity contribution in [2.24, 2.45) is 17.8 Å². The molecule has 0 aromatic heterocycles. The Morgan fingerprint density at radius 3 is 2.88 bits per heavy atom. The summed E-state index contributed by atoms with van der Waals surface area (Å²) in [7, 11) is 0. The normalized spacial score (nSPS) is 31.8. The molecule has 2 fully saturated rings. The predicted molar refractivity (Wildman–Crippen MR) is 97.7 cm³/mol. The van der Waals surface area contributed by atoms with Crippen molar-refractivity contribution >= 4 is 17.6 Å². The van der Waals surface area contributed by atoms with Crippen molar-refractivity contribution in [1.29, 1.82) is 0 Å². The molecule has 0 aliphatic carbocycles. The molecule has 3 aliphatic rings. The minimum atomic E-state index is -0.704. The number of hydrogen-bond donors (Lipinski definition) is 0. The van der Waals surface area contributed by atoms with Crippen LogP contribution in [0.1, 0.15) is 26.3 Å². The molecule has 0 saturated carbocycles. The summed E-state index contributed by atoms with van der Waals surface area (Å²) in [6.45, 7) is 6.88. The predicted octanol–water partition coefficient (Wildman–Crippen LogP) is 2.73. The molecule has 138 valence electrons. The average molecular weight is 355 g/mol. The minimum absolute atomic E-state index is 0.0377. The van der Waals surface area contributed by atoms with Gasteiger partial charge in [0.05, 0.1) is 25.2 Å². The maximum atomic E-state index is 13.3. The lowest BCUT2D eigenvalue weighted by Crippen LogP contribution is -2.40. The fourth-order valence-corrected chi connectivity index (χ4v) is 4.39. The van der Waals surface area contributed by atoms with Crippen LogP contribution in [0.4, 0.5) is 5.69 Å². The van der Waals surface area contributed by atoms with E-state index in [-0.39, 0.29) is 23.9 Å². The van der Waals surface area contributed by atoms with Crippen molar-refractivity contribution in [3.8, 4) is 0 Å². The molecule has 4 atom stereocenters. The number of hydrogen-bond acceptors (Lipinski definition) is 4. The number of nitrogens with zero attached hydrogens (tertiary/aromatic N) is 1. The standard InChI is InChI=1S/C21H25NO4/c1-4-14-7-5-6-8-15(14)22-12-21-10-9-16(26-21)17(18(21)19(22)23)20(24)25-11-13(2)3/h5-10,13,16-18H,4,11-12H2,1-3H3/t16-,17-,18-,21+/m0/s1. The van der Waals surface area contributed by atoms with Gasteiger partial charge >= 0.3 is 5.97 Å². The number of carbonyl (C=O) groups excluding carboxylic acids is 2. The smallest absolute Gasteiger partial charge is 0.312 e. The first-order chi connectivity index (χ1) is 12.5. The third kappa shape index (κ3) is 2.49. The quantitative estimate of drug-likeness (QED) is 0.602. The van der Waals surface area contributed by atoms with Crippen LogP contribution < -0.4 is 4.90 Å². The van der Waals surface area contributed by atoms with Crippen LogP contribution >= 0.6 is 0 Å². The Balaban J connectivity index is 1.64. The number of ether oxygens (including phenoxy) is 2. The fourth-order valence-electron chi connectivity index (χ4n) is 4.39. The largest absolute Gasteiger partial charge is 0.465 e. The number of aryl methyl sites for hydroxylation is 1. The van der Waals surface area contributed by atoms with Gasteiger partial charge in [0.2, 0.25) is 5.91 Å². The summed E-state index contributed by atoms with van der Waals surface area (Å²) in [4.78, 5) is 27.8. The molecule has 2 bridgehead atoms. The maximum Gasteiger partial charge on any atom is 0.312 e. The van der Waals surface area contributed by atoms with Gasteiger partial charge in [0.1, 0.15) is 11.5 Å². The van der Waals surface area contributed by atoms with Crippen LogP contribution in [0.25, 0.3) is 0 Å². The Bertz CT molecular complexity index is 771. The summed E-state index contributed by atoms with van der Waals surface area (Å²) >= 11 is 0. The van der Waals surface area contributed by atoms with Gasteiger partial charge in [0, 0.05) is 5.69 Å². The number of para-hydroxylation sites is 1. The summed E-state index contributed by atoms with van der Waals surface area (Å²) in [5, 5.41) is 0. The lowest BCUT2D eigenvalue weighted by molar-refractivity contribution is -0.153. The van der Waals surface area contributed by atoms with E-state index >= 15 is 0 Å². The summed E-state index contributed by atoms with van der Waals surface area (Å²) in [6.07, 6.45) is 4.38. The van der Waals surface area contributed by atoms with Crippen molar-refractivity contribution in [1.82, 2.24) is 0 Å². The van der Waals surface area contributed by atoms with Gasteiger partial charge in [-0.3, -0.25) is 9.59 Å². The molecule has 26 heavy (non-hydrogen) atoms. The highest BCUT2D eigenvalue weighted by molar-refractivity contribution is 6.03. The topological polar surface area (TPSA) is 55.8 Å². The highest BCUT2D eigenvalue weighted by Gasteiger charge is 2.67. The third-order valence-electron chi connectivity index (χ3n) is 5.59. The van der Waals surface area contributed by atoms with Gasteiger partial charge in [-0.05, 0) is 24.0 Å². The van der Waals surface area contributed by atoms with Crippen molar-refractivity contribution in [2.75, 3.05) is 18.1 Å². The first-order valence-corrected chi connectivity index (χ1v) is 9.40. The molecule has 0 N–H and O–H groups in total. The van der Waals surface area contributed by atoms with Gasteiger partial charge in [0.15, 0.2) is 0 Å². The Morgan fingerprint density at radius 2 is 2.15 bits per heavy atom. The highest BCUT2D eigenvalue weighted by atomic mass is 16.6. The molecule has 5 heteroatoms. The number of anilines is 1. The lowest BCUT2D eigenvalue weighted by Gasteiger charge is -2.23. The van der Waals surface area contributed by atoms with E-state index in [2.05, 4.69) is 6.92 Å². The van der Waals surface area contributed by atoms with E-state index in [1.807, 2.05) is 50.3 Å². The van der Waals surface area contributed by atoms with Crippen LogP contribution in [-0.4, -0.2) is 36.7 Å². The molecule has 5 nitrogen and oxygen atoms in total. The van der Waals surface area contributed by atoms with Crippen LogP contribution in [0.2, 0.25) is 0 Å². The second-order valence-electron chi connectivity index (χ2n) is 7.83. The summed E-state index contributed by atoms with van der Waals surface area (Å²) in [5.41, 5.74) is 1.33. The number of carbonyl (C=O) groups is 2. The Kier molecular flexibility index (Phi) is 4.14. The van der Waals surface area contributed by atoms with E-state index in [1.54, 1.807) is 4.90 Å². The molecular formula is C21H25NO4. The van der Waals surface area contributed by atoms with E-state index in [0.29, 0.717) is 13.2 Å². The van der Waals surface area contributed by atoms with E-state index in [9.17, 15) is 9.59 Å². The van der Waals surface area contributed by atoms with Crippen molar-refractivity contribution < 1.29 is 19.1 Å². The summed E-state index contributed by atoms with van der Waals surface area (Å²) in [6, 6.07) is 7.93. The zero-order chi connectivity index (χ0) is 18.5. The Labute approximate surface area is 154 Å². The van der Waals surface area contributed by atoms with E-state index in [0.717, 1.165) is 17.7 Å². The lowest BCUT2D eigenvalue weighted by atomic mass is 9.77. The third-order valence-corrected chi connectivity index (χ3v) is 5.59. The summed E-state index contributed by atoms with van der Waals surface area (Å²) in [5.74, 6) is -1.15. The molecule has 1 aromatic carbocycles. The van der Waals surface area contributed by atoms with E-state index < -0.39 is 17.4 Å². The van der Waals surface area contributed by atoms with Gasteiger partial charge < -0.3 is 14.4 Å². The zero-order valence-electron chi connectivity index (χ0n) is 15.5. The fraction of sp³-hybridized carbons (Fsp3) is 0.524. The van der Waals surface area contributed by atoms with Gasteiger partial charge in [-0.15, -0.1) is 0 Å². The van der Waals surface area contributed by atoms with E-state index in [1.165, 1.54) is 0 Å². The zero-order valence-corrected chi connectivity index (χ0v) is 15.5. The molecule has 3 aliphatic heterocycles. The molecule has 0 unspecified atom stereocenters. The van der Waals surface area contributed by atoms with Crippen molar-refractivity contribution in [2.45, 2.75) is 38.9 Å². The molecule has 1 spiro atoms. The van der Waals surface area contributed by atoms with Crippen LogP contribution in [-0.2, 0) is 25.5 Å². The molecule has 1 amide bonds. The number of benzene rings is 1. The average Bonchev–Trinajstić information content (AvgIpc) is 3.28. The van der Waals surface area contributed by atoms with E-state index in [4.69, 9.17) is 9.47 Å². The number of esters is 1. The summed E-state index contributed by atoms with van der Waals surface area (Å²) < 4.78 is 11.6. The Morgan fingerprint density at radius 1 is 1.38 bits per heavy atom. The molecule has 2 saturated heterocycles. The van der Waals surface area contributed by atoms with Crippen LogP contribution in [0.3, 0.4) is 0 Å². The van der Waals surface area contributed by atoms with Gasteiger partial charge in [-0.2, -0.15) is 0 Å². The van der Waals surface area contributed by atoms with Crippen molar-refractivity contribution in [3.05, 3.63) is 42.0 Å². The first kappa shape index (κ1) is 17.3. The van der Waals surface area contributed by atoms with Gasteiger partial charge in [-0.25, -0.2) is 0 Å². The SMILES string of the molecule is CCc1ccccc1N1C[C@@]23C=C[C@H](O2)[C@H](C(=O)OCC(C)C)[C@H]3C1=O. The van der Waals surface area contributed by atoms with Gasteiger partial charge in [0.25, 0.3) is 0 Å². The van der Waals surface area contributed by atoms with Crippen LogP contribution in [0.15, 0.2) is 36.4 Å². The van der Waals surface area contributed by atoms with Crippen LogP contribution in [0, 0.1) is 17.8 Å². The number of rotatable bonds is 5. The Hall–Kier alpha value is -2.14. The second-order valence-corrected chi connectivity index (χ2v) is 7.83. The second kappa shape index (κ2) is 6.23. The molecular weight excluding hydrogens is 330 g/mol. The van der Waals surface area contributed by atoms with Gasteiger partial charge in [-0.1, -0.05) is 51.1 Å². The molecule has 3 heterocycles. The van der Waals surface area contributed by atoms with Crippen molar-refractivity contribution in [3.63, 3.8) is 0 Å². The molecule has 1 aromatic rings. The minimum Gasteiger partial charge on any atom is -0.465 e. The highest BCUT2D eigenvalue weighted by Crippen LogP contribution is 2.53. The molecule has 4 rings (SSSR count).